The highest BCUT2D eigenvalue weighted by Gasteiger charge is 2.09. The van der Waals surface area contributed by atoms with Gasteiger partial charge in [0.1, 0.15) is 0 Å². The average molecular weight is 225 g/mol. The third-order valence-corrected chi connectivity index (χ3v) is 2.94. The van der Waals surface area contributed by atoms with Crippen LogP contribution >= 0.6 is 0 Å². The minimum atomic E-state index is 0.404. The lowest BCUT2D eigenvalue weighted by atomic mass is 9.95. The highest BCUT2D eigenvalue weighted by atomic mass is 14.9. The molecule has 1 N–H and O–H groups in total. The van der Waals surface area contributed by atoms with Crippen LogP contribution in [0.2, 0.25) is 0 Å². The van der Waals surface area contributed by atoms with Crippen molar-refractivity contribution in [3.8, 4) is 0 Å². The van der Waals surface area contributed by atoms with E-state index in [0.717, 1.165) is 19.0 Å². The first-order chi connectivity index (χ1) is 7.39. The van der Waals surface area contributed by atoms with Crippen molar-refractivity contribution in [2.75, 3.05) is 13.1 Å². The van der Waals surface area contributed by atoms with E-state index in [-0.39, 0.29) is 0 Å². The van der Waals surface area contributed by atoms with Crippen LogP contribution in [0.1, 0.15) is 60.8 Å². The van der Waals surface area contributed by atoms with Crippen molar-refractivity contribution in [2.24, 2.45) is 11.3 Å². The van der Waals surface area contributed by atoms with Gasteiger partial charge in [0, 0.05) is 0 Å². The first-order valence-electron chi connectivity index (χ1n) is 6.73. The van der Waals surface area contributed by atoms with Gasteiger partial charge in [0.25, 0.3) is 0 Å². The molecule has 0 saturated carbocycles. The summed E-state index contributed by atoms with van der Waals surface area (Å²) in [6.45, 7) is 15.9. The molecule has 0 bridgehead atoms. The van der Waals surface area contributed by atoms with Crippen LogP contribution in [0.25, 0.3) is 0 Å². The van der Waals surface area contributed by atoms with Crippen molar-refractivity contribution in [1.29, 1.82) is 0 Å². The summed E-state index contributed by atoms with van der Waals surface area (Å²) in [5.74, 6) is 0.804. The molecule has 0 aliphatic carbocycles. The molecule has 1 nitrogen and oxygen atoms in total. The largest absolute Gasteiger partial charge is 0.316 e. The van der Waals surface area contributed by atoms with E-state index in [0.29, 0.717) is 5.41 Å². The lowest BCUT2D eigenvalue weighted by Gasteiger charge is -2.20. The maximum Gasteiger partial charge on any atom is -0.0000124 e. The van der Waals surface area contributed by atoms with Gasteiger partial charge in [0.05, 0.1) is 0 Å². The van der Waals surface area contributed by atoms with Crippen LogP contribution in [0.5, 0.6) is 0 Å². The van der Waals surface area contributed by atoms with E-state index in [2.05, 4.69) is 52.9 Å². The molecule has 1 unspecified atom stereocenters. The fraction of sp³-hybridized carbons (Fsp3) is 0.867. The fourth-order valence-electron chi connectivity index (χ4n) is 1.83. The quantitative estimate of drug-likeness (QED) is 0.500. The Bertz CT molecular complexity index is 198. The molecule has 0 aromatic carbocycles. The summed E-state index contributed by atoms with van der Waals surface area (Å²) >= 11 is 0. The minimum Gasteiger partial charge on any atom is -0.316 e. The molecule has 0 amide bonds. The van der Waals surface area contributed by atoms with Crippen LogP contribution in [0.15, 0.2) is 11.6 Å². The summed E-state index contributed by atoms with van der Waals surface area (Å²) < 4.78 is 0. The van der Waals surface area contributed by atoms with Gasteiger partial charge in [-0.15, -0.1) is 0 Å². The third-order valence-electron chi connectivity index (χ3n) is 2.94. The van der Waals surface area contributed by atoms with E-state index in [1.54, 1.807) is 5.57 Å². The number of hydrogen-bond donors (Lipinski definition) is 1. The second-order valence-corrected chi connectivity index (χ2v) is 6.14. The molecule has 0 aromatic heterocycles. The number of nitrogens with one attached hydrogen (secondary N) is 1. The number of hydrogen-bond acceptors (Lipinski definition) is 1. The lowest BCUT2D eigenvalue weighted by Crippen LogP contribution is -2.28. The lowest BCUT2D eigenvalue weighted by molar-refractivity contribution is 0.369. The normalized spacial score (nSPS) is 15.2. The summed E-state index contributed by atoms with van der Waals surface area (Å²) in [5, 5.41) is 3.55. The molecule has 0 heterocycles. The Kier molecular flexibility index (Phi) is 7.74. The number of allylic oxidation sites excluding steroid dienone is 2. The molecule has 1 atom stereocenters. The molecule has 0 aliphatic heterocycles. The average Bonchev–Trinajstić information content (AvgIpc) is 2.19. The Morgan fingerprint density at radius 1 is 1.31 bits per heavy atom. The van der Waals surface area contributed by atoms with Crippen molar-refractivity contribution in [1.82, 2.24) is 5.32 Å². The van der Waals surface area contributed by atoms with Crippen LogP contribution in [-0.4, -0.2) is 13.1 Å². The highest BCUT2D eigenvalue weighted by Crippen LogP contribution is 2.17. The molecular weight excluding hydrogens is 194 g/mol. The summed E-state index contributed by atoms with van der Waals surface area (Å²) in [6, 6.07) is 0. The van der Waals surface area contributed by atoms with Gasteiger partial charge in [-0.1, -0.05) is 46.3 Å². The molecule has 0 aliphatic rings. The van der Waals surface area contributed by atoms with Crippen molar-refractivity contribution < 1.29 is 0 Å². The fourth-order valence-corrected chi connectivity index (χ4v) is 1.83. The Morgan fingerprint density at radius 3 is 2.38 bits per heavy atom. The van der Waals surface area contributed by atoms with Gasteiger partial charge < -0.3 is 5.32 Å². The van der Waals surface area contributed by atoms with Gasteiger partial charge in [0.2, 0.25) is 0 Å². The van der Waals surface area contributed by atoms with Gasteiger partial charge >= 0.3 is 0 Å². The Labute approximate surface area is 103 Å². The molecule has 0 spiro atoms. The topological polar surface area (TPSA) is 12.0 Å². The molecule has 0 aromatic rings. The van der Waals surface area contributed by atoms with E-state index < -0.39 is 0 Å². The second kappa shape index (κ2) is 7.89. The summed E-state index contributed by atoms with van der Waals surface area (Å²) in [7, 11) is 0. The standard InChI is InChI=1S/C15H31N/c1-7-14(8-2)11-13(3)9-10-16-12-15(4,5)6/h7,13,16H,8-12H2,1-6H3/b14-7-. The van der Waals surface area contributed by atoms with Crippen molar-refractivity contribution in [3.63, 3.8) is 0 Å². The molecule has 96 valence electrons. The Hall–Kier alpha value is -0.300. The number of rotatable bonds is 7. The molecule has 0 rings (SSSR count). The van der Waals surface area contributed by atoms with Crippen molar-refractivity contribution in [2.45, 2.75) is 60.8 Å². The maximum absolute atomic E-state index is 3.55. The van der Waals surface area contributed by atoms with E-state index in [9.17, 15) is 0 Å². The Balaban J connectivity index is 3.62. The molecule has 1 heteroatoms. The van der Waals surface area contributed by atoms with E-state index >= 15 is 0 Å². The molecule has 0 radical (unpaired) electrons. The maximum atomic E-state index is 3.55. The van der Waals surface area contributed by atoms with E-state index in [1.807, 2.05) is 0 Å². The van der Waals surface area contributed by atoms with Gasteiger partial charge in [-0.05, 0) is 50.6 Å². The predicted molar refractivity (Wildman–Crippen MR) is 74.8 cm³/mol. The van der Waals surface area contributed by atoms with Crippen LogP contribution < -0.4 is 5.32 Å². The van der Waals surface area contributed by atoms with Crippen LogP contribution in [-0.2, 0) is 0 Å². The van der Waals surface area contributed by atoms with Gasteiger partial charge in [-0.3, -0.25) is 0 Å². The molecular formula is C15H31N. The molecule has 0 saturated heterocycles. The second-order valence-electron chi connectivity index (χ2n) is 6.14. The van der Waals surface area contributed by atoms with Gasteiger partial charge in [-0.2, -0.15) is 0 Å². The molecule has 16 heavy (non-hydrogen) atoms. The van der Waals surface area contributed by atoms with E-state index in [4.69, 9.17) is 0 Å². The monoisotopic (exact) mass is 225 g/mol. The van der Waals surface area contributed by atoms with E-state index in [1.165, 1.54) is 19.3 Å². The van der Waals surface area contributed by atoms with Gasteiger partial charge in [-0.25, -0.2) is 0 Å². The summed E-state index contributed by atoms with van der Waals surface area (Å²) in [6.07, 6.45) is 6.03. The van der Waals surface area contributed by atoms with Crippen LogP contribution in [0.3, 0.4) is 0 Å². The predicted octanol–water partition coefficient (Wildman–Crippen LogP) is 4.39. The Morgan fingerprint density at radius 2 is 1.94 bits per heavy atom. The molecule has 0 fully saturated rings. The third kappa shape index (κ3) is 8.96. The summed E-state index contributed by atoms with van der Waals surface area (Å²) in [4.78, 5) is 0. The van der Waals surface area contributed by atoms with Crippen molar-refractivity contribution >= 4 is 0 Å². The zero-order valence-corrected chi connectivity index (χ0v) is 12.2. The van der Waals surface area contributed by atoms with Crippen molar-refractivity contribution in [3.05, 3.63) is 11.6 Å². The SMILES string of the molecule is C/C=C(/CC)CC(C)CCNCC(C)(C)C. The van der Waals surface area contributed by atoms with Crippen LogP contribution in [0, 0.1) is 11.3 Å². The smallest absolute Gasteiger partial charge is 0.0000124 e. The first-order valence-corrected chi connectivity index (χ1v) is 6.73. The highest BCUT2D eigenvalue weighted by molar-refractivity contribution is 4.99. The first kappa shape index (κ1) is 15.7. The minimum absolute atomic E-state index is 0.404. The van der Waals surface area contributed by atoms with Gasteiger partial charge in [0.15, 0.2) is 0 Å². The van der Waals surface area contributed by atoms with Crippen LogP contribution in [0.4, 0.5) is 0 Å². The zero-order valence-electron chi connectivity index (χ0n) is 12.2. The summed E-state index contributed by atoms with van der Waals surface area (Å²) in [5.41, 5.74) is 2.00. The zero-order chi connectivity index (χ0) is 12.6.